The Kier molecular flexibility index (Phi) is 6.26. The van der Waals surface area contributed by atoms with Gasteiger partial charge in [-0.05, 0) is 42.0 Å². The summed E-state index contributed by atoms with van der Waals surface area (Å²) in [4.78, 5) is 13.0. The predicted octanol–water partition coefficient (Wildman–Crippen LogP) is 5.27. The molecule has 0 atom stereocenters. The molecule has 0 amide bonds. The van der Waals surface area contributed by atoms with Crippen molar-refractivity contribution in [2.45, 2.75) is 13.5 Å². The van der Waals surface area contributed by atoms with Gasteiger partial charge < -0.3 is 23.5 Å². The fourth-order valence-electron chi connectivity index (χ4n) is 3.45. The number of nitrogens with zero attached hydrogens (tertiary/aromatic N) is 1. The number of esters is 1. The molecule has 1 aromatic heterocycles. The minimum Gasteiger partial charge on any atom is -0.493 e. The monoisotopic (exact) mass is 433 g/mol. The van der Waals surface area contributed by atoms with Gasteiger partial charge in [0, 0.05) is 11.6 Å². The van der Waals surface area contributed by atoms with Crippen LogP contribution in [0.4, 0.5) is 0 Å². The second-order valence-electron chi connectivity index (χ2n) is 6.92. The number of ether oxygens (including phenoxy) is 4. The first-order valence-corrected chi connectivity index (χ1v) is 10.1. The van der Waals surface area contributed by atoms with Gasteiger partial charge in [-0.3, -0.25) is 0 Å². The van der Waals surface area contributed by atoms with Crippen molar-refractivity contribution < 1.29 is 28.3 Å². The Hall–Kier alpha value is -4.00. The fourth-order valence-corrected chi connectivity index (χ4v) is 3.45. The number of carbonyl (C=O) groups is 1. The zero-order valence-corrected chi connectivity index (χ0v) is 18.1. The van der Waals surface area contributed by atoms with Gasteiger partial charge in [0.05, 0.1) is 20.8 Å². The van der Waals surface area contributed by atoms with Crippen LogP contribution in [0.2, 0.25) is 0 Å². The van der Waals surface area contributed by atoms with E-state index in [1.165, 1.54) is 0 Å². The normalized spacial score (nSPS) is 10.7. The molecule has 4 aromatic rings. The number of rotatable bonds is 8. The van der Waals surface area contributed by atoms with E-state index in [2.05, 4.69) is 5.16 Å². The minimum atomic E-state index is -0.485. The highest BCUT2D eigenvalue weighted by atomic mass is 16.5. The summed E-state index contributed by atoms with van der Waals surface area (Å²) >= 11 is 0. The molecule has 0 fully saturated rings. The highest BCUT2D eigenvalue weighted by molar-refractivity contribution is 6.07. The van der Waals surface area contributed by atoms with Crippen LogP contribution in [0.1, 0.15) is 23.0 Å². The molecule has 0 aliphatic rings. The lowest BCUT2D eigenvalue weighted by molar-refractivity contribution is 0.0462. The number of aromatic nitrogens is 1. The van der Waals surface area contributed by atoms with Crippen molar-refractivity contribution in [3.05, 3.63) is 71.9 Å². The van der Waals surface area contributed by atoms with Gasteiger partial charge in [-0.1, -0.05) is 35.5 Å². The van der Waals surface area contributed by atoms with Crippen LogP contribution in [0, 0.1) is 0 Å². The number of fused-ring (bicyclic) bond motifs is 1. The summed E-state index contributed by atoms with van der Waals surface area (Å²) in [6, 6.07) is 18.5. The maximum Gasteiger partial charge on any atom is 0.342 e. The van der Waals surface area contributed by atoms with Gasteiger partial charge >= 0.3 is 5.97 Å². The summed E-state index contributed by atoms with van der Waals surface area (Å²) in [6.45, 7) is 2.27. The molecule has 0 aliphatic heterocycles. The van der Waals surface area contributed by atoms with Gasteiger partial charge in [-0.2, -0.15) is 0 Å². The number of hydrogen-bond donors (Lipinski definition) is 0. The molecule has 7 heteroatoms. The molecular weight excluding hydrogens is 410 g/mol. The van der Waals surface area contributed by atoms with E-state index >= 15 is 0 Å². The van der Waals surface area contributed by atoms with E-state index in [0.717, 1.165) is 16.3 Å². The van der Waals surface area contributed by atoms with Crippen LogP contribution < -0.4 is 14.2 Å². The molecule has 0 unspecified atom stereocenters. The van der Waals surface area contributed by atoms with Crippen molar-refractivity contribution in [1.29, 1.82) is 0 Å². The van der Waals surface area contributed by atoms with E-state index in [0.29, 0.717) is 40.9 Å². The molecular formula is C25H23NO6. The Morgan fingerprint density at radius 3 is 2.50 bits per heavy atom. The van der Waals surface area contributed by atoms with Gasteiger partial charge in [0.25, 0.3) is 0 Å². The van der Waals surface area contributed by atoms with Gasteiger partial charge in [0.2, 0.25) is 0 Å². The molecule has 0 aliphatic carbocycles. The van der Waals surface area contributed by atoms with Crippen molar-refractivity contribution in [3.8, 4) is 28.6 Å². The van der Waals surface area contributed by atoms with Crippen LogP contribution in [0.3, 0.4) is 0 Å². The van der Waals surface area contributed by atoms with E-state index < -0.39 is 5.97 Å². The molecule has 164 valence electrons. The second-order valence-corrected chi connectivity index (χ2v) is 6.92. The first-order chi connectivity index (χ1) is 15.6. The van der Waals surface area contributed by atoms with Gasteiger partial charge in [0.15, 0.2) is 17.3 Å². The summed E-state index contributed by atoms with van der Waals surface area (Å²) in [6.07, 6.45) is 0. The van der Waals surface area contributed by atoms with Crippen LogP contribution >= 0.6 is 0 Å². The van der Waals surface area contributed by atoms with Gasteiger partial charge in [-0.15, -0.1) is 0 Å². The van der Waals surface area contributed by atoms with E-state index in [4.69, 9.17) is 23.5 Å². The number of methoxy groups -OCH3 is 2. The first-order valence-electron chi connectivity index (χ1n) is 10.1. The summed E-state index contributed by atoms with van der Waals surface area (Å²) in [5.74, 6) is 1.72. The highest BCUT2D eigenvalue weighted by Gasteiger charge is 2.19. The number of hydrogen-bond acceptors (Lipinski definition) is 7. The van der Waals surface area contributed by atoms with Crippen molar-refractivity contribution >= 4 is 16.7 Å². The lowest BCUT2D eigenvalue weighted by atomic mass is 10.0. The Balaban J connectivity index is 1.54. The fraction of sp³-hybridized carbons (Fsp3) is 0.200. The van der Waals surface area contributed by atoms with Crippen molar-refractivity contribution in [1.82, 2.24) is 5.16 Å². The molecule has 0 saturated carbocycles. The molecule has 3 aromatic carbocycles. The third-order valence-corrected chi connectivity index (χ3v) is 4.97. The molecule has 32 heavy (non-hydrogen) atoms. The highest BCUT2D eigenvalue weighted by Crippen LogP contribution is 2.33. The van der Waals surface area contributed by atoms with Crippen molar-refractivity contribution in [2.75, 3.05) is 20.8 Å². The Labute approximate surface area is 185 Å². The summed E-state index contributed by atoms with van der Waals surface area (Å²) in [5.41, 5.74) is 1.65. The van der Waals surface area contributed by atoms with E-state index in [-0.39, 0.29) is 6.61 Å². The van der Waals surface area contributed by atoms with E-state index in [9.17, 15) is 4.79 Å². The first kappa shape index (κ1) is 21.2. The molecule has 4 rings (SSSR count). The van der Waals surface area contributed by atoms with Crippen LogP contribution in [-0.2, 0) is 11.3 Å². The summed E-state index contributed by atoms with van der Waals surface area (Å²) in [5, 5.41) is 5.73. The quantitative estimate of drug-likeness (QED) is 0.350. The van der Waals surface area contributed by atoms with Crippen LogP contribution in [0.25, 0.3) is 22.1 Å². The largest absolute Gasteiger partial charge is 0.493 e. The van der Waals surface area contributed by atoms with Crippen LogP contribution in [0.15, 0.2) is 65.2 Å². The van der Waals surface area contributed by atoms with E-state index in [1.807, 2.05) is 43.3 Å². The average Bonchev–Trinajstić information content (AvgIpc) is 3.31. The lowest BCUT2D eigenvalue weighted by Crippen LogP contribution is -2.09. The molecule has 1 heterocycles. The number of carbonyl (C=O) groups excluding carboxylic acids is 1. The predicted molar refractivity (Wildman–Crippen MR) is 119 cm³/mol. The SMILES string of the molecule is CCOc1ccc2ccccc2c1C(=O)OCc1cc(-c2ccc(OC)c(OC)c2)on1. The van der Waals surface area contributed by atoms with Crippen molar-refractivity contribution in [3.63, 3.8) is 0 Å². The Bertz CT molecular complexity index is 1250. The average molecular weight is 433 g/mol. The molecule has 0 saturated heterocycles. The van der Waals surface area contributed by atoms with E-state index in [1.54, 1.807) is 38.5 Å². The molecule has 0 radical (unpaired) electrons. The standard InChI is InChI=1S/C25H23NO6/c1-4-30-21-12-9-16-7-5-6-8-19(16)24(21)25(27)31-15-18-14-22(32-26-18)17-10-11-20(28-2)23(13-17)29-3/h5-14H,4,15H2,1-3H3. The Morgan fingerprint density at radius 1 is 0.938 bits per heavy atom. The smallest absolute Gasteiger partial charge is 0.342 e. The molecule has 0 N–H and O–H groups in total. The maximum absolute atomic E-state index is 13.0. The van der Waals surface area contributed by atoms with Crippen molar-refractivity contribution in [2.24, 2.45) is 0 Å². The zero-order valence-electron chi connectivity index (χ0n) is 18.1. The van der Waals surface area contributed by atoms with Gasteiger partial charge in [0.1, 0.15) is 23.6 Å². The number of benzene rings is 3. The zero-order chi connectivity index (χ0) is 22.5. The minimum absolute atomic E-state index is 0.0373. The second kappa shape index (κ2) is 9.43. The summed E-state index contributed by atoms with van der Waals surface area (Å²) in [7, 11) is 3.14. The maximum atomic E-state index is 13.0. The summed E-state index contributed by atoms with van der Waals surface area (Å²) < 4.78 is 27.2. The third kappa shape index (κ3) is 4.23. The molecule has 7 nitrogen and oxygen atoms in total. The van der Waals surface area contributed by atoms with Crippen LogP contribution in [0.5, 0.6) is 17.2 Å². The molecule has 0 spiro atoms. The molecule has 0 bridgehead atoms. The Morgan fingerprint density at radius 2 is 1.72 bits per heavy atom. The topological polar surface area (TPSA) is 80.0 Å². The van der Waals surface area contributed by atoms with Gasteiger partial charge in [-0.25, -0.2) is 4.79 Å². The third-order valence-electron chi connectivity index (χ3n) is 4.97. The lowest BCUT2D eigenvalue weighted by Gasteiger charge is -2.12. The van der Waals surface area contributed by atoms with Crippen LogP contribution in [-0.4, -0.2) is 32.0 Å².